The molecule has 0 unspecified atom stereocenters. The predicted octanol–water partition coefficient (Wildman–Crippen LogP) is 2.69. The molecule has 2 rings (SSSR count). The maximum absolute atomic E-state index is 12.3. The van der Waals surface area contributed by atoms with Gasteiger partial charge in [0.15, 0.2) is 11.9 Å². The van der Waals surface area contributed by atoms with Gasteiger partial charge < -0.3 is 10.1 Å². The second-order valence-corrected chi connectivity index (χ2v) is 8.09. The Balaban J connectivity index is 1.77. The van der Waals surface area contributed by atoms with E-state index in [2.05, 4.69) is 10.6 Å². The number of amides is 3. The molecule has 0 saturated carbocycles. The van der Waals surface area contributed by atoms with Crippen LogP contribution < -0.4 is 10.6 Å². The van der Waals surface area contributed by atoms with Crippen molar-refractivity contribution in [3.8, 4) is 0 Å². The van der Waals surface area contributed by atoms with Gasteiger partial charge in [-0.25, -0.2) is 4.79 Å². The van der Waals surface area contributed by atoms with Gasteiger partial charge in [0.1, 0.15) is 0 Å². The average Bonchev–Trinajstić information content (AvgIpc) is 3.05. The minimum absolute atomic E-state index is 0.0104. The van der Waals surface area contributed by atoms with E-state index in [0.717, 1.165) is 19.3 Å². The number of esters is 1. The van der Waals surface area contributed by atoms with Crippen LogP contribution in [0.15, 0.2) is 18.2 Å². The number of benzene rings is 1. The molecular formula is C21H28N2O5. The summed E-state index contributed by atoms with van der Waals surface area (Å²) >= 11 is 0. The molecule has 28 heavy (non-hydrogen) atoms. The summed E-state index contributed by atoms with van der Waals surface area (Å²) in [5.74, 6) is -1.51. The van der Waals surface area contributed by atoms with Crippen LogP contribution in [0.1, 0.15) is 68.4 Å². The predicted molar refractivity (Wildman–Crippen MR) is 104 cm³/mol. The Labute approximate surface area is 165 Å². The van der Waals surface area contributed by atoms with Crippen molar-refractivity contribution < 1.29 is 23.9 Å². The number of hydrogen-bond donors (Lipinski definition) is 2. The fourth-order valence-electron chi connectivity index (χ4n) is 3.00. The van der Waals surface area contributed by atoms with Gasteiger partial charge in [0.05, 0.1) is 6.42 Å². The molecule has 0 aromatic heterocycles. The summed E-state index contributed by atoms with van der Waals surface area (Å²) in [7, 11) is 0. The normalized spacial score (nSPS) is 14.0. The Bertz CT molecular complexity index is 779. The molecule has 3 amide bonds. The van der Waals surface area contributed by atoms with Gasteiger partial charge in [-0.2, -0.15) is 0 Å². The van der Waals surface area contributed by atoms with E-state index in [-0.39, 0.29) is 18.6 Å². The molecule has 1 aliphatic carbocycles. The average molecular weight is 388 g/mol. The lowest BCUT2D eigenvalue weighted by Crippen LogP contribution is -2.50. The van der Waals surface area contributed by atoms with Crippen LogP contribution >= 0.6 is 0 Å². The molecule has 0 bridgehead atoms. The SMILES string of the molecule is C[C@H](OC(=O)CCC(=O)c1ccc2c(c1)CCC2)C(=O)NC(=O)NC(C)(C)C. The first-order valence-electron chi connectivity index (χ1n) is 9.52. The topological polar surface area (TPSA) is 102 Å². The van der Waals surface area contributed by atoms with Crippen molar-refractivity contribution in [1.29, 1.82) is 0 Å². The van der Waals surface area contributed by atoms with Crippen molar-refractivity contribution in [3.05, 3.63) is 34.9 Å². The van der Waals surface area contributed by atoms with Crippen LogP contribution in [0.3, 0.4) is 0 Å². The van der Waals surface area contributed by atoms with Gasteiger partial charge in [-0.05, 0) is 64.2 Å². The van der Waals surface area contributed by atoms with Gasteiger partial charge in [-0.15, -0.1) is 0 Å². The minimum atomic E-state index is -1.13. The second kappa shape index (κ2) is 8.99. The molecule has 2 N–H and O–H groups in total. The Hall–Kier alpha value is -2.70. The van der Waals surface area contributed by atoms with Crippen LogP contribution in [0, 0.1) is 0 Å². The third-order valence-corrected chi connectivity index (χ3v) is 4.38. The van der Waals surface area contributed by atoms with Crippen LogP contribution in [0.2, 0.25) is 0 Å². The number of hydrogen-bond acceptors (Lipinski definition) is 5. The summed E-state index contributed by atoms with van der Waals surface area (Å²) in [5.41, 5.74) is 2.58. The molecule has 0 fully saturated rings. The Morgan fingerprint density at radius 2 is 1.75 bits per heavy atom. The highest BCUT2D eigenvalue weighted by atomic mass is 16.5. The largest absolute Gasteiger partial charge is 0.453 e. The van der Waals surface area contributed by atoms with E-state index in [1.165, 1.54) is 18.1 Å². The highest BCUT2D eigenvalue weighted by molar-refractivity contribution is 5.99. The number of nitrogens with one attached hydrogen (secondary N) is 2. The van der Waals surface area contributed by atoms with E-state index < -0.39 is 29.6 Å². The van der Waals surface area contributed by atoms with Crippen molar-refractivity contribution in [3.63, 3.8) is 0 Å². The number of Topliss-reactive ketones (excluding diaryl/α,β-unsaturated/α-hetero) is 1. The van der Waals surface area contributed by atoms with E-state index in [9.17, 15) is 19.2 Å². The highest BCUT2D eigenvalue weighted by Gasteiger charge is 2.22. The van der Waals surface area contributed by atoms with E-state index >= 15 is 0 Å². The molecule has 0 heterocycles. The minimum Gasteiger partial charge on any atom is -0.453 e. The molecule has 0 radical (unpaired) electrons. The zero-order chi connectivity index (χ0) is 20.9. The maximum atomic E-state index is 12.3. The first-order chi connectivity index (χ1) is 13.0. The molecule has 0 aliphatic heterocycles. The van der Waals surface area contributed by atoms with Gasteiger partial charge in [0.25, 0.3) is 5.91 Å². The second-order valence-electron chi connectivity index (χ2n) is 8.09. The third-order valence-electron chi connectivity index (χ3n) is 4.38. The fourth-order valence-corrected chi connectivity index (χ4v) is 3.00. The fraction of sp³-hybridized carbons (Fsp3) is 0.524. The Kier molecular flexibility index (Phi) is 6.94. The third kappa shape index (κ3) is 6.48. The number of ether oxygens (including phenoxy) is 1. The number of urea groups is 1. The summed E-state index contributed by atoms with van der Waals surface area (Å²) < 4.78 is 5.02. The first-order valence-corrected chi connectivity index (χ1v) is 9.52. The summed E-state index contributed by atoms with van der Waals surface area (Å²) in [6.07, 6.45) is 1.89. The Morgan fingerprint density at radius 1 is 1.07 bits per heavy atom. The lowest BCUT2D eigenvalue weighted by molar-refractivity contribution is -0.154. The standard InChI is InChI=1S/C21H28N2O5/c1-13(19(26)22-20(27)23-21(2,3)4)28-18(25)11-10-17(24)16-9-8-14-6-5-7-15(14)12-16/h8-9,12-13H,5-7,10-11H2,1-4H3,(H2,22,23,26,27)/t13-/m0/s1. The summed E-state index contributed by atoms with van der Waals surface area (Å²) in [5, 5.41) is 4.70. The first kappa shape index (κ1) is 21.6. The maximum Gasteiger partial charge on any atom is 0.321 e. The number of fused-ring (bicyclic) bond motifs is 1. The van der Waals surface area contributed by atoms with Crippen LogP contribution in [0.25, 0.3) is 0 Å². The summed E-state index contributed by atoms with van der Waals surface area (Å²) in [4.78, 5) is 47.9. The molecule has 1 aromatic rings. The van der Waals surface area contributed by atoms with E-state index in [0.29, 0.717) is 5.56 Å². The summed E-state index contributed by atoms with van der Waals surface area (Å²) in [6, 6.07) is 5.01. The summed E-state index contributed by atoms with van der Waals surface area (Å²) in [6.45, 7) is 6.70. The van der Waals surface area contributed by atoms with E-state index in [1.54, 1.807) is 26.8 Å². The van der Waals surface area contributed by atoms with E-state index in [4.69, 9.17) is 4.74 Å². The van der Waals surface area contributed by atoms with Crippen molar-refractivity contribution in [2.24, 2.45) is 0 Å². The smallest absolute Gasteiger partial charge is 0.321 e. The quantitative estimate of drug-likeness (QED) is 0.576. The lowest BCUT2D eigenvalue weighted by atomic mass is 10.0. The van der Waals surface area contributed by atoms with Crippen LogP contribution in [0.5, 0.6) is 0 Å². The van der Waals surface area contributed by atoms with Gasteiger partial charge in [0, 0.05) is 17.5 Å². The van der Waals surface area contributed by atoms with Gasteiger partial charge >= 0.3 is 12.0 Å². The number of ketones is 1. The molecule has 1 atom stereocenters. The van der Waals surface area contributed by atoms with Crippen LogP contribution in [-0.2, 0) is 27.2 Å². The molecule has 7 nitrogen and oxygen atoms in total. The molecule has 7 heteroatoms. The zero-order valence-corrected chi connectivity index (χ0v) is 16.9. The number of rotatable bonds is 6. The van der Waals surface area contributed by atoms with Gasteiger partial charge in [-0.1, -0.05) is 12.1 Å². The number of carbonyl (C=O) groups is 4. The van der Waals surface area contributed by atoms with Crippen molar-refractivity contribution in [2.75, 3.05) is 0 Å². The lowest BCUT2D eigenvalue weighted by Gasteiger charge is -2.21. The van der Waals surface area contributed by atoms with Gasteiger partial charge in [-0.3, -0.25) is 19.7 Å². The highest BCUT2D eigenvalue weighted by Crippen LogP contribution is 2.23. The molecule has 152 valence electrons. The van der Waals surface area contributed by atoms with Gasteiger partial charge in [0.2, 0.25) is 0 Å². The molecule has 0 spiro atoms. The monoisotopic (exact) mass is 388 g/mol. The van der Waals surface area contributed by atoms with E-state index in [1.807, 2.05) is 12.1 Å². The number of carbonyl (C=O) groups excluding carboxylic acids is 4. The zero-order valence-electron chi connectivity index (χ0n) is 16.9. The van der Waals surface area contributed by atoms with Crippen LogP contribution in [0.4, 0.5) is 4.79 Å². The van der Waals surface area contributed by atoms with Crippen molar-refractivity contribution in [1.82, 2.24) is 10.6 Å². The Morgan fingerprint density at radius 3 is 2.43 bits per heavy atom. The molecular weight excluding hydrogens is 360 g/mol. The number of aryl methyl sites for hydroxylation is 2. The molecule has 1 aromatic carbocycles. The molecule has 0 saturated heterocycles. The van der Waals surface area contributed by atoms with Crippen LogP contribution in [-0.4, -0.2) is 35.3 Å². The van der Waals surface area contributed by atoms with Crippen molar-refractivity contribution in [2.45, 2.75) is 71.4 Å². The molecule has 1 aliphatic rings. The van der Waals surface area contributed by atoms with Crippen molar-refractivity contribution >= 4 is 23.7 Å². The number of imide groups is 1.